The molecule has 24 heavy (non-hydrogen) atoms. The minimum atomic E-state index is -0.168. The summed E-state index contributed by atoms with van der Waals surface area (Å²) >= 11 is 1.41. The largest absolute Gasteiger partial charge is 0.497 e. The Kier molecular flexibility index (Phi) is 3.55. The summed E-state index contributed by atoms with van der Waals surface area (Å²) in [5, 5.41) is 0.736. The predicted molar refractivity (Wildman–Crippen MR) is 89.1 cm³/mol. The molecule has 0 unspecified atom stereocenters. The van der Waals surface area contributed by atoms with Crippen molar-refractivity contribution in [3.63, 3.8) is 0 Å². The number of fused-ring (bicyclic) bond motifs is 1. The van der Waals surface area contributed by atoms with Gasteiger partial charge in [-0.3, -0.25) is 14.8 Å². The number of benzene rings is 1. The van der Waals surface area contributed by atoms with Crippen LogP contribution in [0, 0.1) is 0 Å². The molecule has 6 nitrogen and oxygen atoms in total. The molecule has 1 aliphatic rings. The first kappa shape index (κ1) is 14.5. The first-order valence-electron chi connectivity index (χ1n) is 7.09. The lowest BCUT2D eigenvalue weighted by atomic mass is 10.1. The lowest BCUT2D eigenvalue weighted by Gasteiger charge is -2.00. The molecule has 0 saturated carbocycles. The van der Waals surface area contributed by atoms with Gasteiger partial charge in [0.15, 0.2) is 5.76 Å². The number of allylic oxidation sites excluding steroid dienone is 1. The van der Waals surface area contributed by atoms with Gasteiger partial charge in [-0.2, -0.15) is 0 Å². The molecule has 3 aromatic rings. The van der Waals surface area contributed by atoms with Crippen molar-refractivity contribution < 1.29 is 14.3 Å². The Morgan fingerprint density at radius 1 is 1.21 bits per heavy atom. The van der Waals surface area contributed by atoms with Crippen molar-refractivity contribution in [2.45, 2.75) is 0 Å². The summed E-state index contributed by atoms with van der Waals surface area (Å²) in [6, 6.07) is 5.16. The fourth-order valence-corrected chi connectivity index (χ4v) is 3.12. The summed E-state index contributed by atoms with van der Waals surface area (Å²) in [7, 11) is 1.56. The lowest BCUT2D eigenvalue weighted by molar-refractivity contribution is 0.101. The van der Waals surface area contributed by atoms with Crippen LogP contribution in [0.5, 0.6) is 11.5 Å². The number of ether oxygens (including phenoxy) is 2. The number of hydrogen-bond acceptors (Lipinski definition) is 7. The second-order valence-corrected chi connectivity index (χ2v) is 6.02. The predicted octanol–water partition coefficient (Wildman–Crippen LogP) is 3.22. The van der Waals surface area contributed by atoms with Gasteiger partial charge < -0.3 is 9.47 Å². The standard InChI is InChI=1S/C17H11N3O3S/c1-22-10-2-3-14-12(6-10)16(21)15(23-14)7-11-8-20-17(24-11)13-9-18-4-5-19-13/h2-9H,1H3. The van der Waals surface area contributed by atoms with E-state index < -0.39 is 0 Å². The van der Waals surface area contributed by atoms with Crippen molar-refractivity contribution in [2.75, 3.05) is 7.11 Å². The molecule has 1 aromatic carbocycles. The molecule has 4 rings (SSSR count). The van der Waals surface area contributed by atoms with Gasteiger partial charge in [-0.1, -0.05) is 0 Å². The molecular weight excluding hydrogens is 326 g/mol. The minimum absolute atomic E-state index is 0.168. The van der Waals surface area contributed by atoms with E-state index in [2.05, 4.69) is 15.0 Å². The number of nitrogens with zero attached hydrogens (tertiary/aromatic N) is 3. The summed E-state index contributed by atoms with van der Waals surface area (Å²) in [4.78, 5) is 25.8. The van der Waals surface area contributed by atoms with Crippen LogP contribution >= 0.6 is 11.3 Å². The van der Waals surface area contributed by atoms with Crippen molar-refractivity contribution in [3.05, 3.63) is 59.2 Å². The molecule has 1 aliphatic heterocycles. The fraction of sp³-hybridized carbons (Fsp3) is 0.0588. The Hall–Kier alpha value is -3.06. The van der Waals surface area contributed by atoms with E-state index in [0.29, 0.717) is 22.8 Å². The van der Waals surface area contributed by atoms with Crippen LogP contribution in [0.25, 0.3) is 16.8 Å². The van der Waals surface area contributed by atoms with Gasteiger partial charge in [0, 0.05) is 24.7 Å². The first-order valence-corrected chi connectivity index (χ1v) is 7.91. The average Bonchev–Trinajstić information content (AvgIpc) is 3.21. The maximum Gasteiger partial charge on any atom is 0.232 e. The van der Waals surface area contributed by atoms with Crippen LogP contribution in [0.4, 0.5) is 0 Å². The number of aromatic nitrogens is 3. The topological polar surface area (TPSA) is 74.2 Å². The van der Waals surface area contributed by atoms with E-state index in [0.717, 1.165) is 9.88 Å². The van der Waals surface area contributed by atoms with Crippen LogP contribution < -0.4 is 9.47 Å². The van der Waals surface area contributed by atoms with Gasteiger partial charge in [0.25, 0.3) is 0 Å². The Labute approximate surface area is 141 Å². The van der Waals surface area contributed by atoms with Crippen molar-refractivity contribution in [3.8, 4) is 22.2 Å². The van der Waals surface area contributed by atoms with Crippen LogP contribution in [-0.2, 0) is 0 Å². The van der Waals surface area contributed by atoms with E-state index in [1.807, 2.05) is 0 Å². The molecule has 0 N–H and O–H groups in total. The molecule has 0 radical (unpaired) electrons. The highest BCUT2D eigenvalue weighted by Gasteiger charge is 2.28. The van der Waals surface area contributed by atoms with Crippen LogP contribution in [0.15, 0.2) is 48.7 Å². The molecule has 0 spiro atoms. The zero-order chi connectivity index (χ0) is 16.5. The molecule has 2 aromatic heterocycles. The highest BCUT2D eigenvalue weighted by molar-refractivity contribution is 7.15. The quantitative estimate of drug-likeness (QED) is 0.683. The number of thiazole rings is 1. The van der Waals surface area contributed by atoms with Crippen LogP contribution in [0.1, 0.15) is 15.2 Å². The number of rotatable bonds is 3. The number of methoxy groups -OCH3 is 1. The normalized spacial score (nSPS) is 14.5. The fourth-order valence-electron chi connectivity index (χ4n) is 2.31. The van der Waals surface area contributed by atoms with Crippen LogP contribution in [0.3, 0.4) is 0 Å². The summed E-state index contributed by atoms with van der Waals surface area (Å²) in [5.41, 5.74) is 1.19. The Balaban J connectivity index is 1.63. The number of carbonyl (C=O) groups excluding carboxylic acids is 1. The van der Waals surface area contributed by atoms with E-state index in [-0.39, 0.29) is 11.5 Å². The van der Waals surface area contributed by atoms with Crippen LogP contribution in [-0.4, -0.2) is 27.8 Å². The van der Waals surface area contributed by atoms with E-state index in [9.17, 15) is 4.79 Å². The molecule has 0 bridgehead atoms. The van der Waals surface area contributed by atoms with E-state index >= 15 is 0 Å². The molecule has 0 atom stereocenters. The van der Waals surface area contributed by atoms with Crippen molar-refractivity contribution in [1.82, 2.24) is 15.0 Å². The van der Waals surface area contributed by atoms with E-state index in [1.54, 1.807) is 56.2 Å². The highest BCUT2D eigenvalue weighted by Crippen LogP contribution is 2.35. The summed E-state index contributed by atoms with van der Waals surface area (Å²) in [6.45, 7) is 0. The van der Waals surface area contributed by atoms with Crippen molar-refractivity contribution >= 4 is 23.2 Å². The van der Waals surface area contributed by atoms with Gasteiger partial charge in [0.1, 0.15) is 22.2 Å². The number of Topliss-reactive ketones (excluding diaryl/α,β-unsaturated/α-hetero) is 1. The van der Waals surface area contributed by atoms with E-state index in [1.165, 1.54) is 11.3 Å². The van der Waals surface area contributed by atoms with Gasteiger partial charge in [-0.25, -0.2) is 4.98 Å². The lowest BCUT2D eigenvalue weighted by Crippen LogP contribution is -1.97. The maximum absolute atomic E-state index is 12.5. The molecule has 3 heterocycles. The third kappa shape index (κ3) is 2.55. The molecular formula is C17H11N3O3S. The highest BCUT2D eigenvalue weighted by atomic mass is 32.1. The van der Waals surface area contributed by atoms with Gasteiger partial charge in [0.2, 0.25) is 5.78 Å². The summed E-state index contributed by atoms with van der Waals surface area (Å²) in [6.07, 6.45) is 8.24. The van der Waals surface area contributed by atoms with Gasteiger partial charge in [-0.05, 0) is 18.2 Å². The third-order valence-electron chi connectivity index (χ3n) is 3.45. The molecule has 0 saturated heterocycles. The zero-order valence-corrected chi connectivity index (χ0v) is 13.4. The second kappa shape index (κ2) is 5.86. The molecule has 118 valence electrons. The second-order valence-electron chi connectivity index (χ2n) is 4.96. The van der Waals surface area contributed by atoms with Gasteiger partial charge in [0.05, 0.1) is 23.7 Å². The first-order chi connectivity index (χ1) is 11.7. The summed E-state index contributed by atoms with van der Waals surface area (Å²) in [5.74, 6) is 1.26. The molecule has 0 fully saturated rings. The number of ketones is 1. The van der Waals surface area contributed by atoms with Crippen molar-refractivity contribution in [2.24, 2.45) is 0 Å². The Morgan fingerprint density at radius 3 is 2.92 bits per heavy atom. The van der Waals surface area contributed by atoms with Crippen molar-refractivity contribution in [1.29, 1.82) is 0 Å². The van der Waals surface area contributed by atoms with Gasteiger partial charge in [-0.15, -0.1) is 11.3 Å². The Bertz CT molecular complexity index is 951. The monoisotopic (exact) mass is 337 g/mol. The number of carbonyl (C=O) groups is 1. The van der Waals surface area contributed by atoms with Crippen LogP contribution in [0.2, 0.25) is 0 Å². The molecule has 7 heteroatoms. The SMILES string of the molecule is COc1ccc2c(c1)C(=O)C(=Cc1cnc(-c3cnccn3)s1)O2. The summed E-state index contributed by atoms with van der Waals surface area (Å²) < 4.78 is 10.8. The van der Waals surface area contributed by atoms with Gasteiger partial charge >= 0.3 is 0 Å². The smallest absolute Gasteiger partial charge is 0.232 e. The minimum Gasteiger partial charge on any atom is -0.497 e. The Morgan fingerprint density at radius 2 is 2.12 bits per heavy atom. The third-order valence-corrected chi connectivity index (χ3v) is 4.42. The molecule has 0 amide bonds. The maximum atomic E-state index is 12.5. The van der Waals surface area contributed by atoms with E-state index in [4.69, 9.17) is 9.47 Å². The number of hydrogen-bond donors (Lipinski definition) is 0. The zero-order valence-electron chi connectivity index (χ0n) is 12.6. The average molecular weight is 337 g/mol. The molecule has 0 aliphatic carbocycles.